The van der Waals surface area contributed by atoms with Crippen LogP contribution in [0, 0.1) is 5.41 Å². The number of rotatable bonds is 9. The fraction of sp³-hybridized carbons (Fsp3) is 0.706. The molecule has 1 fully saturated rings. The van der Waals surface area contributed by atoms with Crippen molar-refractivity contribution >= 4 is 5.96 Å². The minimum absolute atomic E-state index is 0.360. The van der Waals surface area contributed by atoms with E-state index in [1.165, 1.54) is 19.3 Å². The predicted octanol–water partition coefficient (Wildman–Crippen LogP) is 2.58. The number of methoxy groups -OCH3 is 1. The highest BCUT2D eigenvalue weighted by Crippen LogP contribution is 2.44. The van der Waals surface area contributed by atoms with Crippen LogP contribution in [0.2, 0.25) is 0 Å². The summed E-state index contributed by atoms with van der Waals surface area (Å²) >= 11 is 0. The second-order valence-corrected chi connectivity index (χ2v) is 6.05. The van der Waals surface area contributed by atoms with Crippen LogP contribution in [0.3, 0.4) is 0 Å². The number of nitrogens with zero attached hydrogens (tertiary/aromatic N) is 1. The third-order valence-electron chi connectivity index (χ3n) is 4.41. The van der Waals surface area contributed by atoms with Crippen molar-refractivity contribution < 1.29 is 9.15 Å². The summed E-state index contributed by atoms with van der Waals surface area (Å²) in [5, 5.41) is 6.70. The zero-order valence-corrected chi connectivity index (χ0v) is 13.9. The lowest BCUT2D eigenvalue weighted by Crippen LogP contribution is -2.41. The molecule has 1 aromatic heterocycles. The van der Waals surface area contributed by atoms with E-state index in [0.717, 1.165) is 50.8 Å². The largest absolute Gasteiger partial charge is 0.469 e. The van der Waals surface area contributed by atoms with Gasteiger partial charge in [-0.3, -0.25) is 4.99 Å². The Labute approximate surface area is 133 Å². The Hall–Kier alpha value is -1.49. The van der Waals surface area contributed by atoms with E-state index in [-0.39, 0.29) is 0 Å². The van der Waals surface area contributed by atoms with Gasteiger partial charge >= 0.3 is 0 Å². The summed E-state index contributed by atoms with van der Waals surface area (Å²) in [6.07, 6.45) is 7.55. The standard InChI is InChI=1S/C17H29N3O2/c1-3-18-16(19-11-7-15-6-4-12-22-15)20-14-17(8-5-9-17)10-13-21-2/h4,6,12H,3,5,7-11,13-14H2,1-2H3,(H2,18,19,20). The molecule has 0 aromatic carbocycles. The molecule has 0 amide bonds. The number of guanidine groups is 1. The number of hydrogen-bond donors (Lipinski definition) is 2. The van der Waals surface area contributed by atoms with E-state index >= 15 is 0 Å². The van der Waals surface area contributed by atoms with E-state index in [0.29, 0.717) is 5.41 Å². The number of furan rings is 1. The van der Waals surface area contributed by atoms with Crippen LogP contribution in [0.5, 0.6) is 0 Å². The Morgan fingerprint density at radius 1 is 1.41 bits per heavy atom. The lowest BCUT2D eigenvalue weighted by atomic mass is 9.67. The summed E-state index contributed by atoms with van der Waals surface area (Å²) in [6, 6.07) is 3.92. The van der Waals surface area contributed by atoms with Gasteiger partial charge in [0.2, 0.25) is 0 Å². The van der Waals surface area contributed by atoms with E-state index < -0.39 is 0 Å². The van der Waals surface area contributed by atoms with Gasteiger partial charge in [-0.2, -0.15) is 0 Å². The van der Waals surface area contributed by atoms with Crippen molar-refractivity contribution in [2.24, 2.45) is 10.4 Å². The van der Waals surface area contributed by atoms with Crippen molar-refractivity contribution in [3.8, 4) is 0 Å². The average molecular weight is 307 g/mol. The first-order valence-electron chi connectivity index (χ1n) is 8.31. The van der Waals surface area contributed by atoms with Crippen LogP contribution in [0.15, 0.2) is 27.8 Å². The molecular formula is C17H29N3O2. The van der Waals surface area contributed by atoms with E-state index in [1.54, 1.807) is 13.4 Å². The smallest absolute Gasteiger partial charge is 0.191 e. The minimum atomic E-state index is 0.360. The van der Waals surface area contributed by atoms with Gasteiger partial charge in [0, 0.05) is 39.8 Å². The van der Waals surface area contributed by atoms with E-state index in [4.69, 9.17) is 14.1 Å². The fourth-order valence-corrected chi connectivity index (χ4v) is 2.83. The first kappa shape index (κ1) is 16.9. The van der Waals surface area contributed by atoms with Crippen molar-refractivity contribution in [1.29, 1.82) is 0 Å². The highest BCUT2D eigenvalue weighted by Gasteiger charge is 2.36. The number of hydrogen-bond acceptors (Lipinski definition) is 3. The number of ether oxygens (including phenoxy) is 1. The van der Waals surface area contributed by atoms with Gasteiger partial charge in [-0.05, 0) is 43.7 Å². The molecule has 5 nitrogen and oxygen atoms in total. The van der Waals surface area contributed by atoms with Crippen LogP contribution in [-0.4, -0.2) is 39.3 Å². The summed E-state index contributed by atoms with van der Waals surface area (Å²) in [4.78, 5) is 4.79. The summed E-state index contributed by atoms with van der Waals surface area (Å²) in [7, 11) is 1.77. The fourth-order valence-electron chi connectivity index (χ4n) is 2.83. The Morgan fingerprint density at radius 2 is 2.27 bits per heavy atom. The normalized spacial score (nSPS) is 17.1. The second kappa shape index (κ2) is 8.83. The molecule has 5 heteroatoms. The molecule has 0 unspecified atom stereocenters. The molecule has 2 rings (SSSR count). The van der Waals surface area contributed by atoms with Gasteiger partial charge in [0.05, 0.1) is 6.26 Å². The predicted molar refractivity (Wildman–Crippen MR) is 89.2 cm³/mol. The third-order valence-corrected chi connectivity index (χ3v) is 4.41. The summed E-state index contributed by atoms with van der Waals surface area (Å²) in [5.41, 5.74) is 0.360. The molecule has 1 saturated carbocycles. The van der Waals surface area contributed by atoms with Crippen LogP contribution < -0.4 is 10.6 Å². The lowest BCUT2D eigenvalue weighted by Gasteiger charge is -2.40. The zero-order chi connectivity index (χ0) is 15.7. The summed E-state index contributed by atoms with van der Waals surface area (Å²) < 4.78 is 10.6. The first-order chi connectivity index (χ1) is 10.8. The van der Waals surface area contributed by atoms with Gasteiger partial charge in [0.1, 0.15) is 5.76 Å². The maximum atomic E-state index is 5.35. The lowest BCUT2D eigenvalue weighted by molar-refractivity contribution is 0.0778. The molecule has 2 N–H and O–H groups in total. The molecular weight excluding hydrogens is 278 g/mol. The molecule has 22 heavy (non-hydrogen) atoms. The highest BCUT2D eigenvalue weighted by atomic mass is 16.5. The highest BCUT2D eigenvalue weighted by molar-refractivity contribution is 5.79. The molecule has 1 aliphatic carbocycles. The van der Waals surface area contributed by atoms with Gasteiger partial charge in [0.25, 0.3) is 0 Å². The Balaban J connectivity index is 1.80. The quantitative estimate of drug-likeness (QED) is 0.544. The van der Waals surface area contributed by atoms with Crippen molar-refractivity contribution in [1.82, 2.24) is 10.6 Å². The first-order valence-corrected chi connectivity index (χ1v) is 8.31. The van der Waals surface area contributed by atoms with Gasteiger partial charge in [-0.1, -0.05) is 6.42 Å². The van der Waals surface area contributed by atoms with E-state index in [9.17, 15) is 0 Å². The molecule has 1 aromatic rings. The number of aliphatic imine (C=N–C) groups is 1. The van der Waals surface area contributed by atoms with Gasteiger partial charge in [-0.25, -0.2) is 0 Å². The molecule has 0 aliphatic heterocycles. The summed E-state index contributed by atoms with van der Waals surface area (Å²) in [5.74, 6) is 1.90. The van der Waals surface area contributed by atoms with Crippen LogP contribution in [0.4, 0.5) is 0 Å². The van der Waals surface area contributed by atoms with Crippen LogP contribution in [-0.2, 0) is 11.2 Å². The molecule has 124 valence electrons. The topological polar surface area (TPSA) is 58.8 Å². The summed E-state index contributed by atoms with van der Waals surface area (Å²) in [6.45, 7) is 5.50. The number of nitrogens with one attached hydrogen (secondary N) is 2. The second-order valence-electron chi connectivity index (χ2n) is 6.05. The van der Waals surface area contributed by atoms with Crippen molar-refractivity contribution in [3.63, 3.8) is 0 Å². The van der Waals surface area contributed by atoms with Crippen LogP contribution in [0.1, 0.15) is 38.4 Å². The molecule has 1 heterocycles. The molecule has 0 atom stereocenters. The molecule has 0 radical (unpaired) electrons. The third kappa shape index (κ3) is 5.05. The van der Waals surface area contributed by atoms with Crippen molar-refractivity contribution in [2.45, 2.75) is 39.0 Å². The van der Waals surface area contributed by atoms with Crippen molar-refractivity contribution in [3.05, 3.63) is 24.2 Å². The van der Waals surface area contributed by atoms with Gasteiger partial charge in [0.15, 0.2) is 5.96 Å². The zero-order valence-electron chi connectivity index (χ0n) is 13.9. The van der Waals surface area contributed by atoms with Crippen LogP contribution in [0.25, 0.3) is 0 Å². The van der Waals surface area contributed by atoms with Gasteiger partial charge < -0.3 is 19.8 Å². The Bertz CT molecular complexity index is 439. The Morgan fingerprint density at radius 3 is 2.86 bits per heavy atom. The molecule has 0 spiro atoms. The van der Waals surface area contributed by atoms with Crippen molar-refractivity contribution in [2.75, 3.05) is 33.4 Å². The maximum absolute atomic E-state index is 5.35. The molecule has 1 aliphatic rings. The van der Waals surface area contributed by atoms with E-state index in [1.807, 2.05) is 12.1 Å². The average Bonchev–Trinajstić information content (AvgIpc) is 2.99. The minimum Gasteiger partial charge on any atom is -0.469 e. The maximum Gasteiger partial charge on any atom is 0.191 e. The van der Waals surface area contributed by atoms with Gasteiger partial charge in [-0.15, -0.1) is 0 Å². The van der Waals surface area contributed by atoms with E-state index in [2.05, 4.69) is 17.6 Å². The molecule has 0 saturated heterocycles. The SMILES string of the molecule is CCNC(=NCC1(CCOC)CCC1)NCCc1ccco1. The Kier molecular flexibility index (Phi) is 6.77. The molecule has 0 bridgehead atoms. The van der Waals surface area contributed by atoms with Crippen LogP contribution >= 0.6 is 0 Å². The monoisotopic (exact) mass is 307 g/mol.